The second-order valence-electron chi connectivity index (χ2n) is 7.09. The van der Waals surface area contributed by atoms with Gasteiger partial charge < -0.3 is 19.1 Å². The highest BCUT2D eigenvalue weighted by molar-refractivity contribution is 6.51. The number of carbonyl (C=O) groups is 2. The van der Waals surface area contributed by atoms with Crippen molar-refractivity contribution in [3.63, 3.8) is 0 Å². The van der Waals surface area contributed by atoms with Gasteiger partial charge in [0.25, 0.3) is 5.78 Å². The number of halogens is 1. The van der Waals surface area contributed by atoms with E-state index < -0.39 is 17.7 Å². The Morgan fingerprint density at radius 2 is 1.75 bits per heavy atom. The van der Waals surface area contributed by atoms with Crippen molar-refractivity contribution in [2.24, 2.45) is 0 Å². The molecule has 32 heavy (non-hydrogen) atoms. The van der Waals surface area contributed by atoms with Crippen molar-refractivity contribution in [1.29, 1.82) is 0 Å². The normalized spacial score (nSPS) is 17.6. The number of ketones is 1. The van der Waals surface area contributed by atoms with Crippen LogP contribution in [-0.4, -0.2) is 36.2 Å². The Morgan fingerprint density at radius 1 is 1.06 bits per heavy atom. The van der Waals surface area contributed by atoms with Crippen molar-refractivity contribution in [2.45, 2.75) is 13.0 Å². The van der Waals surface area contributed by atoms with Crippen LogP contribution in [0.3, 0.4) is 0 Å². The van der Waals surface area contributed by atoms with Gasteiger partial charge in [-0.1, -0.05) is 22.8 Å². The maximum absolute atomic E-state index is 13.1. The van der Waals surface area contributed by atoms with Gasteiger partial charge in [0, 0.05) is 16.7 Å². The fourth-order valence-corrected chi connectivity index (χ4v) is 3.76. The average Bonchev–Trinajstić information content (AvgIpc) is 3.34. The summed E-state index contributed by atoms with van der Waals surface area (Å²) in [7, 11) is 2.98. The molecule has 0 radical (unpaired) electrons. The zero-order valence-electron chi connectivity index (χ0n) is 17.5. The number of ether oxygens (including phenoxy) is 2. The number of benzene rings is 2. The van der Waals surface area contributed by atoms with Gasteiger partial charge in [-0.05, 0) is 48.9 Å². The molecule has 0 saturated carbocycles. The number of anilines is 1. The van der Waals surface area contributed by atoms with Crippen molar-refractivity contribution in [2.75, 3.05) is 19.1 Å². The number of rotatable bonds is 5. The number of hydrogen-bond donors (Lipinski definition) is 1. The van der Waals surface area contributed by atoms with E-state index in [0.29, 0.717) is 33.4 Å². The molecule has 164 valence electrons. The van der Waals surface area contributed by atoms with E-state index in [2.05, 4.69) is 5.16 Å². The van der Waals surface area contributed by atoms with Gasteiger partial charge in [0.15, 0.2) is 17.3 Å². The maximum atomic E-state index is 13.1. The third kappa shape index (κ3) is 3.58. The molecule has 1 fully saturated rings. The lowest BCUT2D eigenvalue weighted by atomic mass is 9.95. The quantitative estimate of drug-likeness (QED) is 0.348. The molecule has 1 saturated heterocycles. The number of Topliss-reactive ketones (excluding diaryl/α,β-unsaturated/α-hetero) is 1. The lowest BCUT2D eigenvalue weighted by Crippen LogP contribution is -2.29. The van der Waals surface area contributed by atoms with Crippen molar-refractivity contribution >= 4 is 34.9 Å². The summed E-state index contributed by atoms with van der Waals surface area (Å²) in [5.41, 5.74) is 0.762. The summed E-state index contributed by atoms with van der Waals surface area (Å²) in [4.78, 5) is 27.3. The molecule has 8 nitrogen and oxygen atoms in total. The molecule has 1 aromatic heterocycles. The Hall–Kier alpha value is -3.78. The van der Waals surface area contributed by atoms with Crippen LogP contribution in [0.15, 0.2) is 58.6 Å². The van der Waals surface area contributed by atoms with Crippen LogP contribution in [-0.2, 0) is 9.59 Å². The largest absolute Gasteiger partial charge is 0.507 e. The van der Waals surface area contributed by atoms with E-state index >= 15 is 0 Å². The molecule has 4 rings (SSSR count). The maximum Gasteiger partial charge on any atom is 0.301 e. The first-order chi connectivity index (χ1) is 15.3. The molecule has 0 spiro atoms. The van der Waals surface area contributed by atoms with Gasteiger partial charge in [0.2, 0.25) is 0 Å². The van der Waals surface area contributed by atoms with Crippen LogP contribution in [0.5, 0.6) is 11.5 Å². The fraction of sp³-hybridized carbons (Fsp3) is 0.174. The molecule has 1 amide bonds. The predicted molar refractivity (Wildman–Crippen MR) is 117 cm³/mol. The van der Waals surface area contributed by atoms with Gasteiger partial charge in [0.1, 0.15) is 11.5 Å². The topological polar surface area (TPSA) is 102 Å². The fourth-order valence-electron chi connectivity index (χ4n) is 3.64. The summed E-state index contributed by atoms with van der Waals surface area (Å²) in [6.07, 6.45) is 0. The molecule has 2 aromatic carbocycles. The molecule has 9 heteroatoms. The molecule has 1 aliphatic rings. The first kappa shape index (κ1) is 21.5. The van der Waals surface area contributed by atoms with Gasteiger partial charge in [-0.3, -0.25) is 14.5 Å². The van der Waals surface area contributed by atoms with Crippen molar-refractivity contribution in [3.05, 3.63) is 76.0 Å². The van der Waals surface area contributed by atoms with Crippen LogP contribution in [0, 0.1) is 6.92 Å². The van der Waals surface area contributed by atoms with Crippen LogP contribution in [0.25, 0.3) is 5.76 Å². The van der Waals surface area contributed by atoms with Crippen LogP contribution in [0.4, 0.5) is 5.82 Å². The lowest BCUT2D eigenvalue weighted by molar-refractivity contribution is -0.132. The van der Waals surface area contributed by atoms with E-state index in [1.165, 1.54) is 19.1 Å². The number of carbonyl (C=O) groups excluding carboxylic acids is 2. The van der Waals surface area contributed by atoms with E-state index in [-0.39, 0.29) is 17.2 Å². The average molecular weight is 455 g/mol. The highest BCUT2D eigenvalue weighted by Crippen LogP contribution is 2.43. The highest BCUT2D eigenvalue weighted by Gasteiger charge is 2.48. The minimum atomic E-state index is -0.977. The SMILES string of the molecule is COc1ccc([C@H]2/C(=C(\O)c3ccc(Cl)cc3)C(=O)C(=O)N2c2cc(C)on2)cc1OC. The molecule has 1 aliphatic heterocycles. The Kier molecular flexibility index (Phi) is 5.63. The van der Waals surface area contributed by atoms with E-state index in [0.717, 1.165) is 0 Å². The number of aryl methyl sites for hydroxylation is 1. The van der Waals surface area contributed by atoms with Gasteiger partial charge in [-0.2, -0.15) is 0 Å². The Morgan fingerprint density at radius 3 is 2.34 bits per heavy atom. The Labute approximate surface area is 188 Å². The summed E-state index contributed by atoms with van der Waals surface area (Å²) in [5.74, 6) is -0.527. The van der Waals surface area contributed by atoms with Crippen molar-refractivity contribution in [3.8, 4) is 11.5 Å². The van der Waals surface area contributed by atoms with Crippen LogP contribution >= 0.6 is 11.6 Å². The first-order valence-electron chi connectivity index (χ1n) is 9.58. The molecule has 0 aliphatic carbocycles. The summed E-state index contributed by atoms with van der Waals surface area (Å²) < 4.78 is 15.8. The van der Waals surface area contributed by atoms with Crippen molar-refractivity contribution in [1.82, 2.24) is 5.16 Å². The third-order valence-electron chi connectivity index (χ3n) is 5.15. The summed E-state index contributed by atoms with van der Waals surface area (Å²) in [6, 6.07) is 11.9. The second kappa shape index (κ2) is 8.39. The third-order valence-corrected chi connectivity index (χ3v) is 5.40. The van der Waals surface area contributed by atoms with E-state index in [4.69, 9.17) is 25.6 Å². The number of aromatic nitrogens is 1. The zero-order valence-corrected chi connectivity index (χ0v) is 18.2. The predicted octanol–water partition coefficient (Wildman–Crippen LogP) is 4.28. The molecule has 3 aromatic rings. The van der Waals surface area contributed by atoms with Gasteiger partial charge in [-0.25, -0.2) is 0 Å². The monoisotopic (exact) mass is 454 g/mol. The smallest absolute Gasteiger partial charge is 0.301 e. The molecular formula is C23H19ClN2O6. The number of hydrogen-bond acceptors (Lipinski definition) is 7. The molecule has 0 bridgehead atoms. The Balaban J connectivity index is 1.95. The minimum absolute atomic E-state index is 0.0924. The number of methoxy groups -OCH3 is 2. The molecule has 0 unspecified atom stereocenters. The molecular weight excluding hydrogens is 436 g/mol. The van der Waals surface area contributed by atoms with Crippen molar-refractivity contribution < 1.29 is 28.7 Å². The van der Waals surface area contributed by atoms with Crippen LogP contribution < -0.4 is 14.4 Å². The highest BCUT2D eigenvalue weighted by atomic mass is 35.5. The van der Waals surface area contributed by atoms with Gasteiger partial charge >= 0.3 is 5.91 Å². The first-order valence-corrected chi connectivity index (χ1v) is 9.95. The number of aliphatic hydroxyl groups is 1. The minimum Gasteiger partial charge on any atom is -0.507 e. The lowest BCUT2D eigenvalue weighted by Gasteiger charge is -2.23. The standard InChI is InChI=1S/C23H19ClN2O6/c1-12-10-18(25-32-12)26-20(14-6-9-16(30-2)17(11-14)31-3)19(22(28)23(26)29)21(27)13-4-7-15(24)8-5-13/h4-11,20,27H,1-3H3/b21-19+/t20-/m0/s1. The van der Waals surface area contributed by atoms with Gasteiger partial charge in [0.05, 0.1) is 25.8 Å². The number of amides is 1. The Bertz CT molecular complexity index is 1230. The van der Waals surface area contributed by atoms with E-state index in [1.807, 2.05) is 0 Å². The van der Waals surface area contributed by atoms with Crippen LogP contribution in [0.2, 0.25) is 5.02 Å². The zero-order chi connectivity index (χ0) is 23.0. The summed E-state index contributed by atoms with van der Waals surface area (Å²) in [6.45, 7) is 1.67. The van der Waals surface area contributed by atoms with E-state index in [1.54, 1.807) is 55.5 Å². The van der Waals surface area contributed by atoms with Gasteiger partial charge in [-0.15, -0.1) is 0 Å². The molecule has 2 heterocycles. The van der Waals surface area contributed by atoms with E-state index in [9.17, 15) is 14.7 Å². The summed E-state index contributed by atoms with van der Waals surface area (Å²) in [5, 5.41) is 15.4. The number of nitrogens with zero attached hydrogens (tertiary/aromatic N) is 2. The number of aliphatic hydroxyl groups excluding tert-OH is 1. The van der Waals surface area contributed by atoms with Crippen LogP contribution in [0.1, 0.15) is 22.9 Å². The molecule has 1 N–H and O–H groups in total. The molecule has 1 atom stereocenters. The summed E-state index contributed by atoms with van der Waals surface area (Å²) >= 11 is 5.95. The second-order valence-corrected chi connectivity index (χ2v) is 7.52.